The van der Waals surface area contributed by atoms with Crippen LogP contribution in [0.2, 0.25) is 0 Å². The highest BCUT2D eigenvalue weighted by molar-refractivity contribution is 5.70. The molecule has 0 heterocycles. The van der Waals surface area contributed by atoms with Gasteiger partial charge in [-0.25, -0.2) is 8.78 Å². The predicted molar refractivity (Wildman–Crippen MR) is 101 cm³/mol. The molecule has 0 bridgehead atoms. The van der Waals surface area contributed by atoms with E-state index in [9.17, 15) is 4.39 Å². The molecule has 0 aliphatic heterocycles. The molecule has 0 amide bonds. The van der Waals surface area contributed by atoms with Gasteiger partial charge in [0.15, 0.2) is 5.67 Å². The zero-order chi connectivity index (χ0) is 17.7. The lowest BCUT2D eigenvalue weighted by atomic mass is 9.83. The number of allylic oxidation sites excluding steroid dienone is 4. The summed E-state index contributed by atoms with van der Waals surface area (Å²) in [6.45, 7) is 2.19. The van der Waals surface area contributed by atoms with E-state index in [1.54, 1.807) is 12.1 Å². The summed E-state index contributed by atoms with van der Waals surface area (Å²) in [7, 11) is 0. The fraction of sp³-hybridized carbons (Fsp3) is 0.304. The Morgan fingerprint density at radius 3 is 2.68 bits per heavy atom. The number of rotatable bonds is 6. The molecule has 0 fully saturated rings. The molecule has 3 rings (SSSR count). The molecule has 130 valence electrons. The topological polar surface area (TPSA) is 0 Å². The van der Waals surface area contributed by atoms with E-state index >= 15 is 4.39 Å². The Morgan fingerprint density at radius 1 is 1.04 bits per heavy atom. The molecular formula is C23H24F2. The van der Waals surface area contributed by atoms with E-state index in [4.69, 9.17) is 0 Å². The molecule has 25 heavy (non-hydrogen) atoms. The van der Waals surface area contributed by atoms with Crippen LogP contribution in [0.5, 0.6) is 0 Å². The van der Waals surface area contributed by atoms with Gasteiger partial charge in [0.1, 0.15) is 5.83 Å². The lowest BCUT2D eigenvalue weighted by Crippen LogP contribution is -2.19. The summed E-state index contributed by atoms with van der Waals surface area (Å²) < 4.78 is 29.2. The van der Waals surface area contributed by atoms with Crippen molar-refractivity contribution in [2.45, 2.75) is 44.7 Å². The van der Waals surface area contributed by atoms with E-state index < -0.39 is 11.5 Å². The highest BCUT2D eigenvalue weighted by atomic mass is 19.1. The van der Waals surface area contributed by atoms with Crippen LogP contribution in [0.3, 0.4) is 0 Å². The number of benzene rings is 2. The van der Waals surface area contributed by atoms with Crippen molar-refractivity contribution in [2.75, 3.05) is 0 Å². The molecule has 0 N–H and O–H groups in total. The van der Waals surface area contributed by atoms with Crippen LogP contribution in [-0.4, -0.2) is 0 Å². The van der Waals surface area contributed by atoms with Gasteiger partial charge in [0.25, 0.3) is 0 Å². The molecule has 1 aliphatic carbocycles. The maximum Gasteiger partial charge on any atom is 0.161 e. The molecule has 0 radical (unpaired) electrons. The lowest BCUT2D eigenvalue weighted by Gasteiger charge is -2.26. The largest absolute Gasteiger partial charge is 0.234 e. The van der Waals surface area contributed by atoms with Crippen molar-refractivity contribution in [2.24, 2.45) is 0 Å². The minimum absolute atomic E-state index is 0.160. The zero-order valence-corrected chi connectivity index (χ0v) is 14.6. The van der Waals surface area contributed by atoms with Crippen LogP contribution in [0.15, 0.2) is 72.6 Å². The first-order valence-corrected chi connectivity index (χ1v) is 9.05. The molecule has 0 saturated heterocycles. The van der Waals surface area contributed by atoms with Crippen LogP contribution in [0.1, 0.15) is 43.7 Å². The Kier molecular flexibility index (Phi) is 5.47. The zero-order valence-electron chi connectivity index (χ0n) is 14.6. The molecule has 0 nitrogen and oxygen atoms in total. The molecular weight excluding hydrogens is 314 g/mol. The molecule has 0 aromatic heterocycles. The van der Waals surface area contributed by atoms with Crippen LogP contribution in [-0.2, 0) is 12.1 Å². The Balaban J connectivity index is 1.97. The van der Waals surface area contributed by atoms with Gasteiger partial charge >= 0.3 is 0 Å². The normalized spacial score (nSPS) is 19.7. The number of hydrogen-bond acceptors (Lipinski definition) is 0. The van der Waals surface area contributed by atoms with E-state index in [2.05, 4.69) is 19.1 Å². The Bertz CT molecular complexity index is 788. The summed E-state index contributed by atoms with van der Waals surface area (Å²) in [5.74, 6) is -0.517. The van der Waals surface area contributed by atoms with Crippen LogP contribution in [0.25, 0.3) is 11.1 Å². The maximum absolute atomic E-state index is 15.5. The number of unbranched alkanes of at least 4 members (excludes halogenated alkanes) is 2. The number of alkyl halides is 1. The number of aryl methyl sites for hydroxylation is 1. The summed E-state index contributed by atoms with van der Waals surface area (Å²) in [5.41, 5.74) is 1.82. The summed E-state index contributed by atoms with van der Waals surface area (Å²) >= 11 is 0. The number of hydrogen-bond donors (Lipinski definition) is 0. The quantitative estimate of drug-likeness (QED) is 0.494. The second-order valence-electron chi connectivity index (χ2n) is 6.70. The summed E-state index contributed by atoms with van der Waals surface area (Å²) in [5, 5.41) is 0. The van der Waals surface area contributed by atoms with E-state index in [-0.39, 0.29) is 6.42 Å². The predicted octanol–water partition coefficient (Wildman–Crippen LogP) is 7.06. The van der Waals surface area contributed by atoms with E-state index in [1.807, 2.05) is 30.3 Å². The van der Waals surface area contributed by atoms with Gasteiger partial charge in [-0.05, 0) is 41.7 Å². The molecule has 2 aromatic rings. The summed E-state index contributed by atoms with van der Waals surface area (Å²) in [6.07, 6.45) is 8.74. The molecule has 2 aromatic carbocycles. The standard InChI is InChI=1S/C23H24F2/c1-2-3-4-9-18-10-7-11-19(16-18)21-13-5-6-14-22(21)23(25)15-8-12-20(24)17-23/h5-8,10-14,16-17H,2-4,9,15H2,1H3. The molecule has 0 saturated carbocycles. The van der Waals surface area contributed by atoms with Crippen molar-refractivity contribution in [1.82, 2.24) is 0 Å². The van der Waals surface area contributed by atoms with E-state index in [0.717, 1.165) is 30.0 Å². The smallest absolute Gasteiger partial charge is 0.161 e. The molecule has 2 heteroatoms. The minimum Gasteiger partial charge on any atom is -0.234 e. The van der Waals surface area contributed by atoms with E-state index in [0.29, 0.717) is 5.56 Å². The lowest BCUT2D eigenvalue weighted by molar-refractivity contribution is 0.231. The monoisotopic (exact) mass is 338 g/mol. The van der Waals surface area contributed by atoms with Gasteiger partial charge in [-0.3, -0.25) is 0 Å². The first kappa shape index (κ1) is 17.6. The van der Waals surface area contributed by atoms with Crippen molar-refractivity contribution in [3.05, 3.63) is 83.7 Å². The first-order valence-electron chi connectivity index (χ1n) is 9.05. The average Bonchev–Trinajstić information content (AvgIpc) is 2.62. The fourth-order valence-corrected chi connectivity index (χ4v) is 3.43. The van der Waals surface area contributed by atoms with Crippen molar-refractivity contribution >= 4 is 0 Å². The van der Waals surface area contributed by atoms with Gasteiger partial charge in [0, 0.05) is 12.0 Å². The summed E-state index contributed by atoms with van der Waals surface area (Å²) in [6, 6.07) is 15.7. The van der Waals surface area contributed by atoms with Crippen LogP contribution in [0.4, 0.5) is 8.78 Å². The molecule has 0 spiro atoms. The van der Waals surface area contributed by atoms with Crippen LogP contribution < -0.4 is 0 Å². The van der Waals surface area contributed by atoms with Gasteiger partial charge in [0.05, 0.1) is 0 Å². The molecule has 1 unspecified atom stereocenters. The van der Waals surface area contributed by atoms with Crippen molar-refractivity contribution < 1.29 is 8.78 Å². The Hall–Kier alpha value is -2.22. The van der Waals surface area contributed by atoms with Gasteiger partial charge in [0.2, 0.25) is 0 Å². The Labute approximate surface area is 148 Å². The van der Waals surface area contributed by atoms with E-state index in [1.165, 1.54) is 24.5 Å². The second-order valence-corrected chi connectivity index (χ2v) is 6.70. The fourth-order valence-electron chi connectivity index (χ4n) is 3.43. The Morgan fingerprint density at radius 2 is 1.88 bits per heavy atom. The van der Waals surface area contributed by atoms with Gasteiger partial charge in [-0.2, -0.15) is 0 Å². The van der Waals surface area contributed by atoms with Gasteiger partial charge < -0.3 is 0 Å². The summed E-state index contributed by atoms with van der Waals surface area (Å²) in [4.78, 5) is 0. The third kappa shape index (κ3) is 4.07. The third-order valence-corrected chi connectivity index (χ3v) is 4.74. The third-order valence-electron chi connectivity index (χ3n) is 4.74. The average molecular weight is 338 g/mol. The van der Waals surface area contributed by atoms with Crippen molar-refractivity contribution in [3.63, 3.8) is 0 Å². The highest BCUT2D eigenvalue weighted by Crippen LogP contribution is 2.41. The van der Waals surface area contributed by atoms with Crippen molar-refractivity contribution in [1.29, 1.82) is 0 Å². The van der Waals surface area contributed by atoms with Crippen molar-refractivity contribution in [3.8, 4) is 11.1 Å². The number of halogens is 2. The first-order chi connectivity index (χ1) is 12.1. The van der Waals surface area contributed by atoms with Gasteiger partial charge in [-0.15, -0.1) is 0 Å². The van der Waals surface area contributed by atoms with Crippen LogP contribution in [0, 0.1) is 0 Å². The SMILES string of the molecule is CCCCCc1cccc(-c2ccccc2C2(F)C=C(F)C=CC2)c1. The minimum atomic E-state index is -1.80. The second kappa shape index (κ2) is 7.77. The maximum atomic E-state index is 15.5. The molecule has 1 atom stereocenters. The van der Waals surface area contributed by atoms with Gasteiger partial charge in [-0.1, -0.05) is 74.4 Å². The highest BCUT2D eigenvalue weighted by Gasteiger charge is 2.33. The molecule has 1 aliphatic rings. The van der Waals surface area contributed by atoms with Crippen LogP contribution >= 0.6 is 0 Å².